The highest BCUT2D eigenvalue weighted by molar-refractivity contribution is 6.22. The standard InChI is InChI=1S/C15H17NO6/c1-10(17)13(15(18)21-3)9-14(16(19)11(2)22-20)12-7-5-4-6-8-12/h4-9,11,20H,1-3H3/b13-9-,16-14+. The van der Waals surface area contributed by atoms with Crippen LogP contribution in [0, 0.1) is 5.21 Å². The minimum Gasteiger partial charge on any atom is -0.621 e. The Hall–Kier alpha value is -2.51. The van der Waals surface area contributed by atoms with E-state index in [2.05, 4.69) is 9.62 Å². The van der Waals surface area contributed by atoms with Crippen molar-refractivity contribution in [1.29, 1.82) is 0 Å². The lowest BCUT2D eigenvalue weighted by molar-refractivity contribution is -0.595. The molecule has 7 heteroatoms. The van der Waals surface area contributed by atoms with Crippen molar-refractivity contribution in [2.24, 2.45) is 0 Å². The number of rotatable bonds is 6. The zero-order valence-corrected chi connectivity index (χ0v) is 12.5. The van der Waals surface area contributed by atoms with E-state index in [1.54, 1.807) is 30.3 Å². The summed E-state index contributed by atoms with van der Waals surface area (Å²) in [6.45, 7) is 2.50. The van der Waals surface area contributed by atoms with Gasteiger partial charge in [0.1, 0.15) is 5.57 Å². The van der Waals surface area contributed by atoms with E-state index in [1.165, 1.54) is 13.8 Å². The third-order valence-corrected chi connectivity index (χ3v) is 2.86. The molecule has 0 aliphatic heterocycles. The third-order valence-electron chi connectivity index (χ3n) is 2.86. The molecule has 0 aliphatic carbocycles. The van der Waals surface area contributed by atoms with Gasteiger partial charge in [-0.25, -0.2) is 10.1 Å². The lowest BCUT2D eigenvalue weighted by atomic mass is 10.0. The topological polar surface area (TPSA) is 98.9 Å². The fourth-order valence-electron chi connectivity index (χ4n) is 1.67. The molecule has 0 bridgehead atoms. The molecule has 0 saturated heterocycles. The van der Waals surface area contributed by atoms with Gasteiger partial charge in [-0.2, -0.15) is 9.63 Å². The van der Waals surface area contributed by atoms with Gasteiger partial charge in [0, 0.05) is 18.6 Å². The molecular formula is C15H17NO6. The molecule has 0 saturated carbocycles. The van der Waals surface area contributed by atoms with Crippen LogP contribution >= 0.6 is 0 Å². The zero-order valence-electron chi connectivity index (χ0n) is 12.5. The first kappa shape index (κ1) is 17.5. The van der Waals surface area contributed by atoms with Crippen molar-refractivity contribution in [3.8, 4) is 0 Å². The molecule has 0 fully saturated rings. The van der Waals surface area contributed by atoms with Crippen molar-refractivity contribution in [3.63, 3.8) is 0 Å². The third kappa shape index (κ3) is 4.24. The lowest BCUT2D eigenvalue weighted by Gasteiger charge is -2.13. The molecule has 118 valence electrons. The summed E-state index contributed by atoms with van der Waals surface area (Å²) in [7, 11) is 1.13. The molecule has 7 nitrogen and oxygen atoms in total. The summed E-state index contributed by atoms with van der Waals surface area (Å²) in [5, 5.41) is 20.9. The van der Waals surface area contributed by atoms with Crippen LogP contribution in [0.4, 0.5) is 0 Å². The molecule has 0 radical (unpaired) electrons. The molecule has 1 unspecified atom stereocenters. The van der Waals surface area contributed by atoms with Gasteiger partial charge in [-0.3, -0.25) is 4.79 Å². The van der Waals surface area contributed by atoms with E-state index >= 15 is 0 Å². The highest BCUT2D eigenvalue weighted by Crippen LogP contribution is 2.09. The molecule has 0 heterocycles. The van der Waals surface area contributed by atoms with Gasteiger partial charge in [0.25, 0.3) is 6.23 Å². The molecule has 0 spiro atoms. The maximum absolute atomic E-state index is 12.2. The van der Waals surface area contributed by atoms with E-state index in [1.807, 2.05) is 0 Å². The largest absolute Gasteiger partial charge is 0.621 e. The van der Waals surface area contributed by atoms with Gasteiger partial charge in [0.2, 0.25) is 5.71 Å². The van der Waals surface area contributed by atoms with Crippen LogP contribution < -0.4 is 0 Å². The number of carbonyl (C=O) groups is 2. The molecule has 1 aromatic rings. The van der Waals surface area contributed by atoms with Crippen LogP contribution in [-0.2, 0) is 19.2 Å². The number of ketones is 1. The van der Waals surface area contributed by atoms with Gasteiger partial charge in [-0.05, 0) is 19.1 Å². The van der Waals surface area contributed by atoms with Crippen molar-refractivity contribution < 1.29 is 29.2 Å². The molecule has 1 aromatic carbocycles. The van der Waals surface area contributed by atoms with Crippen LogP contribution in [0.2, 0.25) is 0 Å². The number of esters is 1. The summed E-state index contributed by atoms with van der Waals surface area (Å²) in [6, 6.07) is 8.37. The van der Waals surface area contributed by atoms with E-state index in [0.717, 1.165) is 13.2 Å². The van der Waals surface area contributed by atoms with Crippen LogP contribution in [0.3, 0.4) is 0 Å². The van der Waals surface area contributed by atoms with Crippen LogP contribution in [0.5, 0.6) is 0 Å². The number of hydrogen-bond donors (Lipinski definition) is 1. The predicted molar refractivity (Wildman–Crippen MR) is 78.1 cm³/mol. The normalized spacial score (nSPS) is 14.1. The zero-order chi connectivity index (χ0) is 16.7. The number of methoxy groups -OCH3 is 1. The first-order valence-corrected chi connectivity index (χ1v) is 6.42. The Morgan fingerprint density at radius 3 is 2.36 bits per heavy atom. The second-order valence-corrected chi connectivity index (χ2v) is 4.39. The van der Waals surface area contributed by atoms with Crippen LogP contribution in [0.15, 0.2) is 42.0 Å². The summed E-state index contributed by atoms with van der Waals surface area (Å²) < 4.78 is 4.88. The first-order chi connectivity index (χ1) is 10.4. The Morgan fingerprint density at radius 1 is 1.32 bits per heavy atom. The highest BCUT2D eigenvalue weighted by Gasteiger charge is 2.22. The molecule has 1 rings (SSSR count). The van der Waals surface area contributed by atoms with E-state index in [9.17, 15) is 14.8 Å². The number of Topliss-reactive ketones (excluding diaryl/α,β-unsaturated/α-hetero) is 1. The maximum atomic E-state index is 12.2. The number of hydroxylamine groups is 1. The minimum atomic E-state index is -1.22. The van der Waals surface area contributed by atoms with Crippen molar-refractivity contribution in [3.05, 3.63) is 52.8 Å². The number of allylic oxidation sites excluding steroid dienone is 1. The molecule has 1 atom stereocenters. The minimum absolute atomic E-state index is 0.0160. The fourth-order valence-corrected chi connectivity index (χ4v) is 1.67. The Kier molecular flexibility index (Phi) is 6.43. The molecule has 0 aromatic heterocycles. The number of hydrogen-bond acceptors (Lipinski definition) is 6. The van der Waals surface area contributed by atoms with Gasteiger partial charge in [0.15, 0.2) is 5.78 Å². The van der Waals surface area contributed by atoms with Gasteiger partial charge >= 0.3 is 5.97 Å². The summed E-state index contributed by atoms with van der Waals surface area (Å²) >= 11 is 0. The SMILES string of the molecule is COC(=O)/C(=C\C(c1ccccc1)=[N+](/[O-])C(C)OO)C(C)=O. The van der Waals surface area contributed by atoms with Crippen LogP contribution in [-0.4, -0.2) is 40.8 Å². The van der Waals surface area contributed by atoms with Crippen molar-refractivity contribution in [2.45, 2.75) is 20.1 Å². The van der Waals surface area contributed by atoms with Gasteiger partial charge < -0.3 is 9.94 Å². The van der Waals surface area contributed by atoms with Crippen molar-refractivity contribution in [2.75, 3.05) is 7.11 Å². The summed E-state index contributed by atoms with van der Waals surface area (Å²) in [4.78, 5) is 27.3. The quantitative estimate of drug-likeness (QED) is 0.0817. The van der Waals surface area contributed by atoms with E-state index in [0.29, 0.717) is 10.3 Å². The molecule has 0 aliphatic rings. The second-order valence-electron chi connectivity index (χ2n) is 4.39. The highest BCUT2D eigenvalue weighted by atomic mass is 17.1. The number of ether oxygens (including phenoxy) is 1. The number of nitrogens with zero attached hydrogens (tertiary/aromatic N) is 1. The van der Waals surface area contributed by atoms with Gasteiger partial charge in [-0.1, -0.05) is 18.2 Å². The van der Waals surface area contributed by atoms with E-state index in [4.69, 9.17) is 5.26 Å². The number of benzene rings is 1. The smallest absolute Gasteiger partial charge is 0.341 e. The summed E-state index contributed by atoms with van der Waals surface area (Å²) in [5.74, 6) is -1.40. The Balaban J connectivity index is 3.51. The molecule has 1 N–H and O–H groups in total. The Labute approximate surface area is 127 Å². The average molecular weight is 307 g/mol. The summed E-state index contributed by atoms with van der Waals surface area (Å²) in [6.07, 6.45) is -0.108. The summed E-state index contributed by atoms with van der Waals surface area (Å²) in [5.41, 5.74) is 0.147. The Bertz CT molecular complexity index is 606. The number of carbonyl (C=O) groups excluding carboxylic acids is 2. The van der Waals surface area contributed by atoms with Crippen LogP contribution in [0.1, 0.15) is 19.4 Å². The second kappa shape index (κ2) is 8.06. The predicted octanol–water partition coefficient (Wildman–Crippen LogP) is 1.51. The van der Waals surface area contributed by atoms with Gasteiger partial charge in [0.05, 0.1) is 7.11 Å². The van der Waals surface area contributed by atoms with Crippen molar-refractivity contribution in [1.82, 2.24) is 0 Å². The van der Waals surface area contributed by atoms with Gasteiger partial charge in [-0.15, -0.1) is 0 Å². The van der Waals surface area contributed by atoms with E-state index < -0.39 is 18.0 Å². The molecule has 0 amide bonds. The monoisotopic (exact) mass is 307 g/mol. The van der Waals surface area contributed by atoms with E-state index in [-0.39, 0.29) is 11.3 Å². The fraction of sp³-hybridized carbons (Fsp3) is 0.267. The average Bonchev–Trinajstić information content (AvgIpc) is 2.54. The Morgan fingerprint density at radius 2 is 1.91 bits per heavy atom. The maximum Gasteiger partial charge on any atom is 0.341 e. The van der Waals surface area contributed by atoms with Crippen LogP contribution in [0.25, 0.3) is 0 Å². The lowest BCUT2D eigenvalue weighted by Crippen LogP contribution is -2.27. The first-order valence-electron chi connectivity index (χ1n) is 6.42. The van der Waals surface area contributed by atoms with Crippen molar-refractivity contribution >= 4 is 17.5 Å². The molecule has 22 heavy (non-hydrogen) atoms. The molecular weight excluding hydrogens is 290 g/mol.